The number of anilines is 1. The third-order valence-corrected chi connectivity index (χ3v) is 5.78. The zero-order valence-electron chi connectivity index (χ0n) is 15.2. The number of amides is 1. The van der Waals surface area contributed by atoms with E-state index in [0.717, 1.165) is 4.31 Å². The molecule has 2 rings (SSSR count). The summed E-state index contributed by atoms with van der Waals surface area (Å²) >= 11 is 0. The van der Waals surface area contributed by atoms with Crippen molar-refractivity contribution >= 4 is 21.6 Å². The lowest BCUT2D eigenvalue weighted by molar-refractivity contribution is -0.117. The molecule has 0 radical (unpaired) electrons. The van der Waals surface area contributed by atoms with Crippen molar-refractivity contribution in [3.05, 3.63) is 35.7 Å². The molecule has 1 aromatic carbocycles. The quantitative estimate of drug-likeness (QED) is 0.765. The Balaban J connectivity index is 2.13. The number of halogens is 2. The Morgan fingerprint density at radius 3 is 2.37 bits per heavy atom. The Labute approximate surface area is 155 Å². The van der Waals surface area contributed by atoms with Crippen LogP contribution in [0.2, 0.25) is 0 Å². The van der Waals surface area contributed by atoms with Crippen LogP contribution in [0, 0.1) is 13.8 Å². The van der Waals surface area contributed by atoms with Crippen molar-refractivity contribution < 1.29 is 26.7 Å². The summed E-state index contributed by atoms with van der Waals surface area (Å²) in [5.41, 5.74) is 1.02. The van der Waals surface area contributed by atoms with Gasteiger partial charge in [0.05, 0.1) is 11.4 Å². The van der Waals surface area contributed by atoms with Crippen LogP contribution >= 0.6 is 0 Å². The van der Waals surface area contributed by atoms with Crippen LogP contribution < -0.4 is 10.1 Å². The Morgan fingerprint density at radius 1 is 1.26 bits per heavy atom. The first kappa shape index (κ1) is 20.8. The first-order valence-electron chi connectivity index (χ1n) is 7.83. The van der Waals surface area contributed by atoms with E-state index in [-0.39, 0.29) is 17.2 Å². The van der Waals surface area contributed by atoms with Gasteiger partial charge < -0.3 is 10.1 Å². The van der Waals surface area contributed by atoms with E-state index in [1.165, 1.54) is 43.0 Å². The smallest absolute Gasteiger partial charge is 0.387 e. The van der Waals surface area contributed by atoms with Gasteiger partial charge in [0.15, 0.2) is 0 Å². The van der Waals surface area contributed by atoms with Gasteiger partial charge in [0.25, 0.3) is 0 Å². The molecule has 0 bridgehead atoms. The minimum atomic E-state index is -3.68. The molecular formula is C16H20F2N4O4S. The van der Waals surface area contributed by atoms with Crippen LogP contribution in [-0.4, -0.2) is 49.1 Å². The molecule has 0 spiro atoms. The molecule has 1 aromatic heterocycles. The second kappa shape index (κ2) is 8.01. The third kappa shape index (κ3) is 4.80. The number of aromatic nitrogens is 2. The number of alkyl halides is 2. The largest absolute Gasteiger partial charge is 0.435 e. The summed E-state index contributed by atoms with van der Waals surface area (Å²) in [6.07, 6.45) is 0. The molecule has 27 heavy (non-hydrogen) atoms. The van der Waals surface area contributed by atoms with Crippen molar-refractivity contribution in [1.82, 2.24) is 14.1 Å². The summed E-state index contributed by atoms with van der Waals surface area (Å²) in [6.45, 7) is -0.00555. The molecule has 0 aliphatic rings. The van der Waals surface area contributed by atoms with E-state index < -0.39 is 22.5 Å². The SMILES string of the molecule is Cc1nn(CC(=O)Nc2ccc(OC(F)F)cc2)c(C)c1S(=O)(=O)N(C)C. The molecule has 1 N–H and O–H groups in total. The van der Waals surface area contributed by atoms with Crippen LogP contribution in [0.5, 0.6) is 5.75 Å². The maximum atomic E-state index is 12.4. The summed E-state index contributed by atoms with van der Waals surface area (Å²) < 4.78 is 55.6. The van der Waals surface area contributed by atoms with Gasteiger partial charge in [-0.15, -0.1) is 0 Å². The van der Waals surface area contributed by atoms with Crippen LogP contribution in [0.3, 0.4) is 0 Å². The highest BCUT2D eigenvalue weighted by Gasteiger charge is 2.27. The lowest BCUT2D eigenvalue weighted by Crippen LogP contribution is -2.24. The molecule has 0 saturated heterocycles. The van der Waals surface area contributed by atoms with Crippen molar-refractivity contribution in [2.24, 2.45) is 0 Å². The third-order valence-electron chi connectivity index (χ3n) is 3.71. The van der Waals surface area contributed by atoms with Gasteiger partial charge in [-0.2, -0.15) is 13.9 Å². The van der Waals surface area contributed by atoms with E-state index in [2.05, 4.69) is 15.2 Å². The Hall–Kier alpha value is -2.53. The van der Waals surface area contributed by atoms with E-state index in [9.17, 15) is 22.0 Å². The molecule has 0 fully saturated rings. The Kier molecular flexibility index (Phi) is 6.16. The van der Waals surface area contributed by atoms with Crippen LogP contribution in [-0.2, 0) is 21.4 Å². The molecule has 8 nitrogen and oxygen atoms in total. The van der Waals surface area contributed by atoms with E-state index in [1.807, 2.05) is 0 Å². The number of benzene rings is 1. The van der Waals surface area contributed by atoms with Gasteiger partial charge in [-0.25, -0.2) is 12.7 Å². The number of rotatable bonds is 7. The predicted octanol–water partition coefficient (Wildman–Crippen LogP) is 1.99. The van der Waals surface area contributed by atoms with Gasteiger partial charge in [0.1, 0.15) is 17.2 Å². The number of carbonyl (C=O) groups excluding carboxylic acids is 1. The van der Waals surface area contributed by atoms with E-state index in [1.54, 1.807) is 13.8 Å². The number of nitrogens with zero attached hydrogens (tertiary/aromatic N) is 3. The average Bonchev–Trinajstić information content (AvgIpc) is 2.82. The zero-order chi connectivity index (χ0) is 20.4. The Morgan fingerprint density at radius 2 is 1.85 bits per heavy atom. The molecule has 148 valence electrons. The summed E-state index contributed by atoms with van der Waals surface area (Å²) in [7, 11) is -0.851. The first-order chi connectivity index (χ1) is 12.5. The lowest BCUT2D eigenvalue weighted by atomic mass is 10.3. The molecule has 2 aromatic rings. The van der Waals surface area contributed by atoms with Crippen LogP contribution in [0.1, 0.15) is 11.4 Å². The highest BCUT2D eigenvalue weighted by Crippen LogP contribution is 2.22. The van der Waals surface area contributed by atoms with Gasteiger partial charge in [0, 0.05) is 19.8 Å². The number of hydrogen-bond acceptors (Lipinski definition) is 5. The van der Waals surface area contributed by atoms with Crippen molar-refractivity contribution in [3.63, 3.8) is 0 Å². The minimum absolute atomic E-state index is 0.0277. The monoisotopic (exact) mass is 402 g/mol. The minimum Gasteiger partial charge on any atom is -0.435 e. The van der Waals surface area contributed by atoms with Crippen LogP contribution in [0.25, 0.3) is 0 Å². The molecule has 0 saturated carbocycles. The molecular weight excluding hydrogens is 382 g/mol. The van der Waals surface area contributed by atoms with Gasteiger partial charge in [0.2, 0.25) is 15.9 Å². The average molecular weight is 402 g/mol. The number of carbonyl (C=O) groups is 1. The second-order valence-corrected chi connectivity index (χ2v) is 7.98. The molecule has 0 atom stereocenters. The fourth-order valence-corrected chi connectivity index (χ4v) is 3.70. The molecule has 1 heterocycles. The number of hydrogen-bond donors (Lipinski definition) is 1. The summed E-state index contributed by atoms with van der Waals surface area (Å²) in [5, 5.41) is 6.72. The normalized spacial score (nSPS) is 11.9. The Bertz CT molecular complexity index is 925. The fourth-order valence-electron chi connectivity index (χ4n) is 2.45. The second-order valence-electron chi connectivity index (χ2n) is 5.90. The van der Waals surface area contributed by atoms with Gasteiger partial charge in [-0.3, -0.25) is 9.48 Å². The van der Waals surface area contributed by atoms with Gasteiger partial charge in [-0.05, 0) is 38.1 Å². The number of ether oxygens (including phenoxy) is 1. The molecule has 0 aliphatic carbocycles. The fraction of sp³-hybridized carbons (Fsp3) is 0.375. The van der Waals surface area contributed by atoms with Crippen molar-refractivity contribution in [3.8, 4) is 5.75 Å². The van der Waals surface area contributed by atoms with Crippen LogP contribution in [0.4, 0.5) is 14.5 Å². The maximum Gasteiger partial charge on any atom is 0.387 e. The molecule has 1 amide bonds. The molecule has 0 unspecified atom stereocenters. The number of aryl methyl sites for hydroxylation is 1. The highest BCUT2D eigenvalue weighted by molar-refractivity contribution is 7.89. The first-order valence-corrected chi connectivity index (χ1v) is 9.27. The van der Waals surface area contributed by atoms with E-state index in [0.29, 0.717) is 17.1 Å². The van der Waals surface area contributed by atoms with Crippen molar-refractivity contribution in [1.29, 1.82) is 0 Å². The molecule has 0 aliphatic heterocycles. The molecule has 11 heteroatoms. The van der Waals surface area contributed by atoms with E-state index >= 15 is 0 Å². The highest BCUT2D eigenvalue weighted by atomic mass is 32.2. The summed E-state index contributed by atoms with van der Waals surface area (Å²) in [4.78, 5) is 12.3. The summed E-state index contributed by atoms with van der Waals surface area (Å²) in [6, 6.07) is 5.43. The maximum absolute atomic E-state index is 12.4. The van der Waals surface area contributed by atoms with Gasteiger partial charge >= 0.3 is 6.61 Å². The standard InChI is InChI=1S/C16H20F2N4O4S/c1-10-15(27(24,25)21(3)4)11(2)22(20-10)9-14(23)19-12-5-7-13(8-6-12)26-16(17)18/h5-8,16H,9H2,1-4H3,(H,19,23). The lowest BCUT2D eigenvalue weighted by Gasteiger charge is -2.12. The zero-order valence-corrected chi connectivity index (χ0v) is 16.0. The van der Waals surface area contributed by atoms with Crippen molar-refractivity contribution in [2.75, 3.05) is 19.4 Å². The van der Waals surface area contributed by atoms with Crippen LogP contribution in [0.15, 0.2) is 29.2 Å². The topological polar surface area (TPSA) is 93.5 Å². The number of nitrogens with one attached hydrogen (secondary N) is 1. The number of sulfonamides is 1. The van der Waals surface area contributed by atoms with Gasteiger partial charge in [-0.1, -0.05) is 0 Å². The van der Waals surface area contributed by atoms with E-state index in [4.69, 9.17) is 0 Å². The summed E-state index contributed by atoms with van der Waals surface area (Å²) in [5.74, 6) is -0.475. The van der Waals surface area contributed by atoms with Crippen molar-refractivity contribution in [2.45, 2.75) is 31.9 Å². The predicted molar refractivity (Wildman–Crippen MR) is 94.3 cm³/mol.